The van der Waals surface area contributed by atoms with Crippen molar-refractivity contribution in [3.8, 4) is 0 Å². The molecule has 6 nitrogen and oxygen atoms in total. The Morgan fingerprint density at radius 3 is 2.28 bits per heavy atom. The summed E-state index contributed by atoms with van der Waals surface area (Å²) in [5.74, 6) is -1.71. The summed E-state index contributed by atoms with van der Waals surface area (Å²) >= 11 is 0. The smallest absolute Gasteiger partial charge is 0.337 e. The van der Waals surface area contributed by atoms with Crippen LogP contribution in [0.25, 0.3) is 0 Å². The van der Waals surface area contributed by atoms with Crippen molar-refractivity contribution in [3.05, 3.63) is 36.6 Å². The maximum atomic E-state index is 10.7. The Morgan fingerprint density at radius 1 is 1.44 bits per heavy atom. The maximum absolute atomic E-state index is 10.7. The Kier molecular flexibility index (Phi) is 11.6. The number of carbonyl (C=O) groups excluding carboxylic acids is 1. The molecule has 3 N–H and O–H groups in total. The van der Waals surface area contributed by atoms with Crippen LogP contribution in [0.15, 0.2) is 36.6 Å². The van der Waals surface area contributed by atoms with Crippen molar-refractivity contribution in [2.75, 3.05) is 20.3 Å². The number of esters is 1. The summed E-state index contributed by atoms with van der Waals surface area (Å²) in [5, 5.41) is 8.42. The zero-order chi connectivity index (χ0) is 14.6. The fourth-order valence-electron chi connectivity index (χ4n) is 0.664. The molecule has 0 spiro atoms. The van der Waals surface area contributed by atoms with E-state index < -0.39 is 11.9 Å². The third-order valence-corrected chi connectivity index (χ3v) is 1.53. The van der Waals surface area contributed by atoms with Gasteiger partial charge in [-0.05, 0) is 13.0 Å². The van der Waals surface area contributed by atoms with Crippen LogP contribution in [-0.4, -0.2) is 37.3 Å². The van der Waals surface area contributed by atoms with E-state index in [9.17, 15) is 9.59 Å². The van der Waals surface area contributed by atoms with Crippen molar-refractivity contribution in [2.24, 2.45) is 5.73 Å². The topological polar surface area (TPSA) is 98.8 Å². The number of aliphatic carboxylic acids is 1. The van der Waals surface area contributed by atoms with Gasteiger partial charge in [-0.1, -0.05) is 13.2 Å². The van der Waals surface area contributed by atoms with Gasteiger partial charge in [-0.2, -0.15) is 0 Å². The van der Waals surface area contributed by atoms with Gasteiger partial charge in [0.25, 0.3) is 0 Å². The average molecular weight is 257 g/mol. The second kappa shape index (κ2) is 11.4. The molecule has 0 aliphatic heterocycles. The van der Waals surface area contributed by atoms with Crippen LogP contribution in [-0.2, 0) is 19.1 Å². The number of methoxy groups -OCH3 is 1. The van der Waals surface area contributed by atoms with Crippen molar-refractivity contribution in [1.29, 1.82) is 0 Å². The van der Waals surface area contributed by atoms with E-state index in [1.165, 1.54) is 20.3 Å². The molecule has 0 aromatic carbocycles. The molecule has 6 heteroatoms. The van der Waals surface area contributed by atoms with E-state index in [4.69, 9.17) is 10.8 Å². The summed E-state index contributed by atoms with van der Waals surface area (Å²) in [6.07, 6.45) is 2.54. The SMILES string of the molecule is C=C(C=C(C)C(=O)O)C(=O)OC.C=COCCN. The van der Waals surface area contributed by atoms with Crippen molar-refractivity contribution in [2.45, 2.75) is 6.92 Å². The molecule has 0 amide bonds. The van der Waals surface area contributed by atoms with Gasteiger partial charge in [0.1, 0.15) is 0 Å². The summed E-state index contributed by atoms with van der Waals surface area (Å²) in [5.41, 5.74) is 5.11. The summed E-state index contributed by atoms with van der Waals surface area (Å²) in [7, 11) is 1.21. The van der Waals surface area contributed by atoms with Gasteiger partial charge >= 0.3 is 11.9 Å². The van der Waals surface area contributed by atoms with Crippen LogP contribution >= 0.6 is 0 Å². The number of carboxylic acids is 1. The highest BCUT2D eigenvalue weighted by atomic mass is 16.5. The van der Waals surface area contributed by atoms with E-state index in [2.05, 4.69) is 22.6 Å². The Hall–Kier alpha value is -2.08. The molecule has 0 aliphatic rings. The van der Waals surface area contributed by atoms with Gasteiger partial charge in [0.05, 0.1) is 25.6 Å². The minimum Gasteiger partial charge on any atom is -0.500 e. The first kappa shape index (κ1) is 18.3. The standard InChI is InChI=1S/C8H10O4.C4H9NO/c1-5(7(9)10)4-6(2)8(11)12-3;1-2-6-4-3-5/h4H,2H2,1,3H3,(H,9,10);2H,1,3-5H2. The zero-order valence-electron chi connectivity index (χ0n) is 10.6. The minimum absolute atomic E-state index is 0.0254. The fourth-order valence-corrected chi connectivity index (χ4v) is 0.664. The molecular formula is C12H19NO5. The van der Waals surface area contributed by atoms with Crippen LogP contribution in [0.5, 0.6) is 0 Å². The number of nitrogens with two attached hydrogens (primary N) is 1. The van der Waals surface area contributed by atoms with E-state index in [-0.39, 0.29) is 11.1 Å². The monoisotopic (exact) mass is 257 g/mol. The first-order valence-corrected chi connectivity index (χ1v) is 5.02. The summed E-state index contributed by atoms with van der Waals surface area (Å²) in [4.78, 5) is 21.0. The van der Waals surface area contributed by atoms with Crippen LogP contribution in [0.2, 0.25) is 0 Å². The van der Waals surface area contributed by atoms with Crippen molar-refractivity contribution in [3.63, 3.8) is 0 Å². The summed E-state index contributed by atoms with van der Waals surface area (Å²) in [6.45, 7) is 9.16. The van der Waals surface area contributed by atoms with Crippen LogP contribution < -0.4 is 5.73 Å². The van der Waals surface area contributed by atoms with Crippen molar-refractivity contribution < 1.29 is 24.2 Å². The van der Waals surface area contributed by atoms with E-state index in [0.717, 1.165) is 6.08 Å². The number of rotatable bonds is 6. The molecule has 0 saturated heterocycles. The predicted octanol–water partition coefficient (Wildman–Crippen LogP) is 0.852. The van der Waals surface area contributed by atoms with Crippen molar-refractivity contribution >= 4 is 11.9 Å². The molecule has 0 aromatic rings. The molecule has 0 fully saturated rings. The second-order valence-electron chi connectivity index (χ2n) is 2.98. The minimum atomic E-state index is -1.08. The first-order chi connectivity index (χ1) is 8.40. The fraction of sp³-hybridized carbons (Fsp3) is 0.333. The largest absolute Gasteiger partial charge is 0.500 e. The lowest BCUT2D eigenvalue weighted by atomic mass is 10.2. The molecule has 0 unspecified atom stereocenters. The zero-order valence-corrected chi connectivity index (χ0v) is 10.6. The van der Waals surface area contributed by atoms with Gasteiger partial charge < -0.3 is 20.3 Å². The van der Waals surface area contributed by atoms with Crippen molar-refractivity contribution in [1.82, 2.24) is 0 Å². The van der Waals surface area contributed by atoms with Gasteiger partial charge in [-0.3, -0.25) is 0 Å². The molecule has 0 aliphatic carbocycles. The lowest BCUT2D eigenvalue weighted by molar-refractivity contribution is -0.135. The Balaban J connectivity index is 0. The highest BCUT2D eigenvalue weighted by Crippen LogP contribution is 2.01. The van der Waals surface area contributed by atoms with E-state index >= 15 is 0 Å². The van der Waals surface area contributed by atoms with Gasteiger partial charge in [-0.15, -0.1) is 0 Å². The Labute approximate surface area is 106 Å². The molecule has 0 saturated carbocycles. The number of hydrogen-bond donors (Lipinski definition) is 2. The summed E-state index contributed by atoms with van der Waals surface area (Å²) < 4.78 is 8.94. The third kappa shape index (κ3) is 10.4. The Bertz CT molecular complexity index is 333. The second-order valence-corrected chi connectivity index (χ2v) is 2.98. The molecule has 0 aromatic heterocycles. The number of ether oxygens (including phenoxy) is 2. The van der Waals surface area contributed by atoms with Crippen LogP contribution in [0.3, 0.4) is 0 Å². The van der Waals surface area contributed by atoms with E-state index in [0.29, 0.717) is 13.2 Å². The maximum Gasteiger partial charge on any atom is 0.337 e. The quantitative estimate of drug-likeness (QED) is 0.241. The first-order valence-electron chi connectivity index (χ1n) is 5.02. The van der Waals surface area contributed by atoms with Gasteiger partial charge in [0.15, 0.2) is 0 Å². The van der Waals surface area contributed by atoms with Gasteiger partial charge in [0, 0.05) is 12.1 Å². The molecule has 0 bridgehead atoms. The number of hydrogen-bond acceptors (Lipinski definition) is 5. The molecule has 0 rings (SSSR count). The van der Waals surface area contributed by atoms with Gasteiger partial charge in [-0.25, -0.2) is 9.59 Å². The molecular weight excluding hydrogens is 238 g/mol. The lowest BCUT2D eigenvalue weighted by Crippen LogP contribution is -2.04. The van der Waals surface area contributed by atoms with Crippen LogP contribution in [0, 0.1) is 0 Å². The molecule has 102 valence electrons. The highest BCUT2D eigenvalue weighted by Gasteiger charge is 2.06. The normalized spacial score (nSPS) is 9.61. The van der Waals surface area contributed by atoms with Crippen LogP contribution in [0.1, 0.15) is 6.92 Å². The molecule has 18 heavy (non-hydrogen) atoms. The average Bonchev–Trinajstić information content (AvgIpc) is 2.35. The van der Waals surface area contributed by atoms with E-state index in [1.54, 1.807) is 0 Å². The molecule has 0 heterocycles. The van der Waals surface area contributed by atoms with E-state index in [1.807, 2.05) is 0 Å². The number of carbonyl (C=O) groups is 2. The molecule has 0 atom stereocenters. The lowest BCUT2D eigenvalue weighted by Gasteiger charge is -1.97. The number of carboxylic acid groups (broad SMARTS) is 1. The molecule has 0 radical (unpaired) electrons. The Morgan fingerprint density at radius 2 is 2.00 bits per heavy atom. The highest BCUT2D eigenvalue weighted by molar-refractivity contribution is 5.94. The summed E-state index contributed by atoms with van der Waals surface area (Å²) in [6, 6.07) is 0. The predicted molar refractivity (Wildman–Crippen MR) is 67.8 cm³/mol. The van der Waals surface area contributed by atoms with Crippen LogP contribution in [0.4, 0.5) is 0 Å². The van der Waals surface area contributed by atoms with Gasteiger partial charge in [0.2, 0.25) is 0 Å². The third-order valence-electron chi connectivity index (χ3n) is 1.53.